The maximum atomic E-state index is 12.3. The summed E-state index contributed by atoms with van der Waals surface area (Å²) in [6, 6.07) is 3.75. The number of carbonyl (C=O) groups is 1. The van der Waals surface area contributed by atoms with Crippen LogP contribution in [0.1, 0.15) is 25.5 Å². The summed E-state index contributed by atoms with van der Waals surface area (Å²) >= 11 is 0. The SMILES string of the molecule is CCN(CC(=O)N(C)Cc1ccco1)CC1CCNCC1. The molecular weight excluding hydrogens is 266 g/mol. The highest BCUT2D eigenvalue weighted by Gasteiger charge is 2.19. The van der Waals surface area contributed by atoms with Crippen molar-refractivity contribution in [2.45, 2.75) is 26.3 Å². The van der Waals surface area contributed by atoms with Gasteiger partial charge in [-0.15, -0.1) is 0 Å². The molecular formula is C16H27N3O2. The van der Waals surface area contributed by atoms with E-state index in [1.165, 1.54) is 12.8 Å². The zero-order valence-electron chi connectivity index (χ0n) is 13.2. The van der Waals surface area contributed by atoms with Gasteiger partial charge >= 0.3 is 0 Å². The molecule has 0 bridgehead atoms. The molecule has 1 saturated heterocycles. The Morgan fingerprint density at radius 2 is 2.19 bits per heavy atom. The maximum Gasteiger partial charge on any atom is 0.236 e. The van der Waals surface area contributed by atoms with Crippen molar-refractivity contribution in [1.82, 2.24) is 15.1 Å². The molecule has 1 aromatic heterocycles. The Morgan fingerprint density at radius 3 is 2.81 bits per heavy atom. The predicted octanol–water partition coefficient (Wildman–Crippen LogP) is 1.56. The van der Waals surface area contributed by atoms with E-state index in [1.54, 1.807) is 11.2 Å². The van der Waals surface area contributed by atoms with Gasteiger partial charge in [0.1, 0.15) is 5.76 Å². The molecule has 0 unspecified atom stereocenters. The van der Waals surface area contributed by atoms with Gasteiger partial charge in [0, 0.05) is 13.6 Å². The summed E-state index contributed by atoms with van der Waals surface area (Å²) in [6.07, 6.45) is 4.07. The molecule has 1 N–H and O–H groups in total. The van der Waals surface area contributed by atoms with Crippen molar-refractivity contribution in [3.63, 3.8) is 0 Å². The van der Waals surface area contributed by atoms with Crippen LogP contribution in [0, 0.1) is 5.92 Å². The standard InChI is InChI=1S/C16H27N3O2/c1-3-19(11-14-6-8-17-9-7-14)13-16(20)18(2)12-15-5-4-10-21-15/h4-5,10,14,17H,3,6-9,11-13H2,1-2H3. The third kappa shape index (κ3) is 5.17. The predicted molar refractivity (Wildman–Crippen MR) is 82.9 cm³/mol. The first-order valence-electron chi connectivity index (χ1n) is 7.88. The van der Waals surface area contributed by atoms with Crippen LogP contribution in [0.3, 0.4) is 0 Å². The van der Waals surface area contributed by atoms with E-state index >= 15 is 0 Å². The first kappa shape index (κ1) is 16.0. The molecule has 0 spiro atoms. The molecule has 1 aromatic rings. The second-order valence-electron chi connectivity index (χ2n) is 5.85. The van der Waals surface area contributed by atoms with Crippen LogP contribution < -0.4 is 5.32 Å². The fourth-order valence-corrected chi connectivity index (χ4v) is 2.77. The number of amides is 1. The monoisotopic (exact) mass is 293 g/mol. The lowest BCUT2D eigenvalue weighted by molar-refractivity contribution is -0.132. The van der Waals surface area contributed by atoms with E-state index in [9.17, 15) is 4.79 Å². The van der Waals surface area contributed by atoms with Crippen LogP contribution in [-0.2, 0) is 11.3 Å². The van der Waals surface area contributed by atoms with Gasteiger partial charge in [0.25, 0.3) is 0 Å². The summed E-state index contributed by atoms with van der Waals surface area (Å²) < 4.78 is 5.29. The number of nitrogens with one attached hydrogen (secondary N) is 1. The summed E-state index contributed by atoms with van der Waals surface area (Å²) in [6.45, 7) is 7.32. The summed E-state index contributed by atoms with van der Waals surface area (Å²) in [4.78, 5) is 16.3. The van der Waals surface area contributed by atoms with Gasteiger partial charge in [-0.25, -0.2) is 0 Å². The lowest BCUT2D eigenvalue weighted by atomic mass is 9.97. The molecule has 118 valence electrons. The minimum absolute atomic E-state index is 0.155. The second-order valence-corrected chi connectivity index (χ2v) is 5.85. The zero-order chi connectivity index (χ0) is 15.1. The first-order chi connectivity index (χ1) is 10.2. The average molecular weight is 293 g/mol. The number of hydrogen-bond acceptors (Lipinski definition) is 4. The van der Waals surface area contributed by atoms with Crippen molar-refractivity contribution in [2.75, 3.05) is 39.8 Å². The number of piperidine rings is 1. The average Bonchev–Trinajstić information content (AvgIpc) is 3.00. The Kier molecular flexibility index (Phi) is 6.26. The molecule has 21 heavy (non-hydrogen) atoms. The lowest BCUT2D eigenvalue weighted by Gasteiger charge is -2.30. The fourth-order valence-electron chi connectivity index (χ4n) is 2.77. The van der Waals surface area contributed by atoms with Gasteiger partial charge in [0.05, 0.1) is 19.4 Å². The van der Waals surface area contributed by atoms with Crippen molar-refractivity contribution in [3.8, 4) is 0 Å². The first-order valence-corrected chi connectivity index (χ1v) is 7.88. The Labute approximate surface area is 127 Å². The van der Waals surface area contributed by atoms with Crippen LogP contribution in [0.2, 0.25) is 0 Å². The molecule has 1 aliphatic rings. The molecule has 0 saturated carbocycles. The van der Waals surface area contributed by atoms with Crippen LogP contribution in [0.25, 0.3) is 0 Å². The Bertz CT molecular complexity index is 413. The highest BCUT2D eigenvalue weighted by molar-refractivity contribution is 5.77. The van der Waals surface area contributed by atoms with Crippen LogP contribution in [0.4, 0.5) is 0 Å². The third-order valence-corrected chi connectivity index (χ3v) is 4.18. The van der Waals surface area contributed by atoms with Gasteiger partial charge < -0.3 is 14.6 Å². The van der Waals surface area contributed by atoms with E-state index < -0.39 is 0 Å². The van der Waals surface area contributed by atoms with E-state index in [0.29, 0.717) is 13.1 Å². The Balaban J connectivity index is 1.78. The number of hydrogen-bond donors (Lipinski definition) is 1. The van der Waals surface area contributed by atoms with E-state index in [4.69, 9.17) is 4.42 Å². The molecule has 0 aliphatic carbocycles. The van der Waals surface area contributed by atoms with Gasteiger partial charge in [-0.3, -0.25) is 9.69 Å². The molecule has 0 aromatic carbocycles. The molecule has 0 radical (unpaired) electrons. The Hall–Kier alpha value is -1.33. The normalized spacial score (nSPS) is 16.3. The van der Waals surface area contributed by atoms with Crippen molar-refractivity contribution in [2.24, 2.45) is 5.92 Å². The number of rotatable bonds is 7. The van der Waals surface area contributed by atoms with Crippen LogP contribution in [0.15, 0.2) is 22.8 Å². The van der Waals surface area contributed by atoms with Crippen LogP contribution >= 0.6 is 0 Å². The molecule has 1 amide bonds. The summed E-state index contributed by atoms with van der Waals surface area (Å²) in [5.74, 6) is 1.70. The quantitative estimate of drug-likeness (QED) is 0.829. The molecule has 1 fully saturated rings. The van der Waals surface area contributed by atoms with Crippen molar-refractivity contribution in [3.05, 3.63) is 24.2 Å². The fraction of sp³-hybridized carbons (Fsp3) is 0.688. The second kappa shape index (κ2) is 8.20. The topological polar surface area (TPSA) is 48.7 Å². The number of furan rings is 1. The van der Waals surface area contributed by atoms with Gasteiger partial charge in [0.15, 0.2) is 0 Å². The number of likely N-dealkylation sites (N-methyl/N-ethyl adjacent to an activating group) is 2. The van der Waals surface area contributed by atoms with E-state index in [2.05, 4.69) is 17.1 Å². The molecule has 2 heterocycles. The molecule has 5 heteroatoms. The van der Waals surface area contributed by atoms with Crippen molar-refractivity contribution >= 4 is 5.91 Å². The van der Waals surface area contributed by atoms with Crippen molar-refractivity contribution < 1.29 is 9.21 Å². The molecule has 1 aliphatic heterocycles. The largest absolute Gasteiger partial charge is 0.467 e. The summed E-state index contributed by atoms with van der Waals surface area (Å²) in [5, 5.41) is 3.39. The number of nitrogens with zero attached hydrogens (tertiary/aromatic N) is 2. The molecule has 2 rings (SSSR count). The minimum atomic E-state index is 0.155. The van der Waals surface area contributed by atoms with Crippen LogP contribution in [0.5, 0.6) is 0 Å². The van der Waals surface area contributed by atoms with Crippen LogP contribution in [-0.4, -0.2) is 55.5 Å². The van der Waals surface area contributed by atoms with E-state index in [1.807, 2.05) is 19.2 Å². The lowest BCUT2D eigenvalue weighted by Crippen LogP contribution is -2.42. The van der Waals surface area contributed by atoms with Crippen molar-refractivity contribution in [1.29, 1.82) is 0 Å². The van der Waals surface area contributed by atoms with Gasteiger partial charge in [0.2, 0.25) is 5.91 Å². The highest BCUT2D eigenvalue weighted by Crippen LogP contribution is 2.13. The van der Waals surface area contributed by atoms with E-state index in [0.717, 1.165) is 37.9 Å². The van der Waals surface area contributed by atoms with Gasteiger partial charge in [-0.05, 0) is 50.5 Å². The summed E-state index contributed by atoms with van der Waals surface area (Å²) in [7, 11) is 1.84. The smallest absolute Gasteiger partial charge is 0.236 e. The Morgan fingerprint density at radius 1 is 1.43 bits per heavy atom. The van der Waals surface area contributed by atoms with Gasteiger partial charge in [-0.1, -0.05) is 6.92 Å². The minimum Gasteiger partial charge on any atom is -0.467 e. The maximum absolute atomic E-state index is 12.3. The van der Waals surface area contributed by atoms with E-state index in [-0.39, 0.29) is 5.91 Å². The molecule has 0 atom stereocenters. The highest BCUT2D eigenvalue weighted by atomic mass is 16.3. The number of carbonyl (C=O) groups excluding carboxylic acids is 1. The third-order valence-electron chi connectivity index (χ3n) is 4.18. The zero-order valence-corrected chi connectivity index (χ0v) is 13.2. The van der Waals surface area contributed by atoms with Gasteiger partial charge in [-0.2, -0.15) is 0 Å². The molecule has 5 nitrogen and oxygen atoms in total. The summed E-state index contributed by atoms with van der Waals surface area (Å²) in [5.41, 5.74) is 0.